The first kappa shape index (κ1) is 16.3. The average molecular weight is 291 g/mol. The molecule has 1 fully saturated rings. The Hall–Kier alpha value is -1.79. The maximum atomic E-state index is 12.3. The molecule has 0 aromatic rings. The predicted octanol–water partition coefficient (Wildman–Crippen LogP) is 2.22. The van der Waals surface area contributed by atoms with Crippen LogP contribution in [0.4, 0.5) is 13.2 Å². The topological polar surface area (TPSA) is 46.6 Å². The van der Waals surface area contributed by atoms with Crippen molar-refractivity contribution >= 4 is 11.8 Å². The van der Waals surface area contributed by atoms with E-state index in [1.165, 1.54) is 6.08 Å². The molecule has 1 aliphatic heterocycles. The third kappa shape index (κ3) is 4.71. The second kappa shape index (κ2) is 7.12. The van der Waals surface area contributed by atoms with Crippen molar-refractivity contribution in [1.29, 1.82) is 0 Å². The van der Waals surface area contributed by atoms with Gasteiger partial charge in [-0.3, -0.25) is 4.79 Å². The molecule has 4 nitrogen and oxygen atoms in total. The maximum Gasteiger partial charge on any atom is 0.455 e. The maximum absolute atomic E-state index is 12.3. The Morgan fingerprint density at radius 1 is 1.15 bits per heavy atom. The molecule has 0 unspecified atom stereocenters. The summed E-state index contributed by atoms with van der Waals surface area (Å²) in [6, 6.07) is 0. The molecule has 0 atom stereocenters. The molecule has 0 aromatic heterocycles. The Balaban J connectivity index is 2.82. The molecule has 1 saturated heterocycles. The quantitative estimate of drug-likeness (QED) is 0.262. The lowest BCUT2D eigenvalue weighted by molar-refractivity contribution is -0.168. The van der Waals surface area contributed by atoms with Crippen LogP contribution in [-0.2, 0) is 14.3 Å². The third-order valence-corrected chi connectivity index (χ3v) is 2.86. The number of carbonyl (C=O) groups excluding carboxylic acids is 2. The lowest BCUT2D eigenvalue weighted by Crippen LogP contribution is -2.28. The average Bonchev–Trinajstić information content (AvgIpc) is 2.42. The van der Waals surface area contributed by atoms with Gasteiger partial charge >= 0.3 is 12.1 Å². The highest BCUT2D eigenvalue weighted by Gasteiger charge is 2.43. The number of hydrogen-bond donors (Lipinski definition) is 0. The van der Waals surface area contributed by atoms with Gasteiger partial charge in [-0.25, -0.2) is 4.79 Å². The highest BCUT2D eigenvalue weighted by atomic mass is 19.4. The number of piperidine rings is 1. The Morgan fingerprint density at radius 3 is 2.25 bits per heavy atom. The van der Waals surface area contributed by atoms with Gasteiger partial charge in [0.2, 0.25) is 0 Å². The van der Waals surface area contributed by atoms with Crippen LogP contribution in [0.1, 0.15) is 19.3 Å². The molecule has 0 spiro atoms. The number of rotatable bonds is 4. The largest absolute Gasteiger partial charge is 0.465 e. The normalized spacial score (nSPS) is 17.4. The van der Waals surface area contributed by atoms with Gasteiger partial charge in [-0.2, -0.15) is 13.2 Å². The minimum atomic E-state index is -5.10. The zero-order valence-electron chi connectivity index (χ0n) is 11.1. The van der Waals surface area contributed by atoms with Crippen molar-refractivity contribution in [3.8, 4) is 0 Å². The van der Waals surface area contributed by atoms with Crippen LogP contribution in [0.2, 0.25) is 0 Å². The van der Waals surface area contributed by atoms with Gasteiger partial charge in [-0.1, -0.05) is 0 Å². The first-order chi connectivity index (χ1) is 9.36. The zero-order valence-corrected chi connectivity index (χ0v) is 11.1. The van der Waals surface area contributed by atoms with Gasteiger partial charge in [0, 0.05) is 13.1 Å². The molecule has 112 valence electrons. The van der Waals surface area contributed by atoms with Crippen LogP contribution >= 0.6 is 0 Å². The number of esters is 1. The van der Waals surface area contributed by atoms with Gasteiger partial charge in [-0.15, -0.1) is 0 Å². The Bertz CT molecular complexity index is 421. The smallest absolute Gasteiger partial charge is 0.455 e. The molecule has 1 aliphatic rings. The zero-order chi connectivity index (χ0) is 15.2. The van der Waals surface area contributed by atoms with Crippen molar-refractivity contribution < 1.29 is 27.5 Å². The molecular weight excluding hydrogens is 275 g/mol. The SMILES string of the molecule is COC(=O)/C(=C/C=C/N1CCCCC1)C(=O)C(F)(F)F. The van der Waals surface area contributed by atoms with E-state index in [1.54, 1.807) is 6.20 Å². The lowest BCUT2D eigenvalue weighted by atomic mass is 10.1. The highest BCUT2D eigenvalue weighted by Crippen LogP contribution is 2.21. The van der Waals surface area contributed by atoms with Crippen LogP contribution in [0, 0.1) is 0 Å². The predicted molar refractivity (Wildman–Crippen MR) is 65.7 cm³/mol. The highest BCUT2D eigenvalue weighted by molar-refractivity contribution is 6.19. The Morgan fingerprint density at radius 2 is 1.75 bits per heavy atom. The summed E-state index contributed by atoms with van der Waals surface area (Å²) < 4.78 is 41.2. The van der Waals surface area contributed by atoms with E-state index < -0.39 is 23.5 Å². The number of ketones is 1. The third-order valence-electron chi connectivity index (χ3n) is 2.86. The lowest BCUT2D eigenvalue weighted by Gasteiger charge is -2.24. The van der Waals surface area contributed by atoms with Crippen molar-refractivity contribution in [3.63, 3.8) is 0 Å². The van der Waals surface area contributed by atoms with Crippen LogP contribution < -0.4 is 0 Å². The number of likely N-dealkylation sites (tertiary alicyclic amines) is 1. The fourth-order valence-electron chi connectivity index (χ4n) is 1.83. The summed E-state index contributed by atoms with van der Waals surface area (Å²) in [5, 5.41) is 0. The van der Waals surface area contributed by atoms with E-state index in [-0.39, 0.29) is 0 Å². The van der Waals surface area contributed by atoms with Crippen molar-refractivity contribution in [3.05, 3.63) is 23.9 Å². The van der Waals surface area contributed by atoms with Crippen molar-refractivity contribution in [2.24, 2.45) is 0 Å². The summed E-state index contributed by atoms with van der Waals surface area (Å²) in [6.07, 6.45) is 1.74. The molecule has 0 radical (unpaired) electrons. The van der Waals surface area contributed by atoms with Crippen molar-refractivity contribution in [1.82, 2.24) is 4.90 Å². The number of ether oxygens (including phenoxy) is 1. The van der Waals surface area contributed by atoms with E-state index in [9.17, 15) is 22.8 Å². The summed E-state index contributed by atoms with van der Waals surface area (Å²) in [5.41, 5.74) is -1.02. The number of allylic oxidation sites excluding steroid dienone is 2. The minimum Gasteiger partial charge on any atom is -0.465 e. The number of Topliss-reactive ketones (excluding diaryl/α,β-unsaturated/α-hetero) is 1. The van der Waals surface area contributed by atoms with Gasteiger partial charge in [0.1, 0.15) is 5.57 Å². The summed E-state index contributed by atoms with van der Waals surface area (Å²) >= 11 is 0. The second-order valence-electron chi connectivity index (χ2n) is 4.34. The molecule has 0 saturated carbocycles. The molecule has 0 bridgehead atoms. The van der Waals surface area contributed by atoms with Gasteiger partial charge in [0.25, 0.3) is 5.78 Å². The second-order valence-corrected chi connectivity index (χ2v) is 4.34. The standard InChI is InChI=1S/C13H16F3NO3/c1-20-12(19)10(11(18)13(14,15)16)6-5-9-17-7-3-2-4-8-17/h5-6,9H,2-4,7-8H2,1H3/b9-5+,10-6+. The summed E-state index contributed by atoms with van der Waals surface area (Å²) in [4.78, 5) is 24.3. The van der Waals surface area contributed by atoms with Crippen LogP contribution in [0.5, 0.6) is 0 Å². The van der Waals surface area contributed by atoms with Gasteiger partial charge in [0.05, 0.1) is 7.11 Å². The van der Waals surface area contributed by atoms with Crippen LogP contribution in [0.15, 0.2) is 23.9 Å². The molecule has 0 aromatic carbocycles. The first-order valence-corrected chi connectivity index (χ1v) is 6.18. The Labute approximate surface area is 114 Å². The molecule has 0 aliphatic carbocycles. The fourth-order valence-corrected chi connectivity index (χ4v) is 1.83. The Kier molecular flexibility index (Phi) is 5.79. The molecule has 20 heavy (non-hydrogen) atoms. The number of hydrogen-bond acceptors (Lipinski definition) is 4. The van der Waals surface area contributed by atoms with Crippen LogP contribution in [-0.4, -0.2) is 43.0 Å². The number of alkyl halides is 3. The summed E-state index contributed by atoms with van der Waals surface area (Å²) in [6.45, 7) is 1.62. The first-order valence-electron chi connectivity index (χ1n) is 6.18. The van der Waals surface area contributed by atoms with E-state index in [2.05, 4.69) is 4.74 Å². The van der Waals surface area contributed by atoms with Crippen LogP contribution in [0.25, 0.3) is 0 Å². The number of halogens is 3. The number of carbonyl (C=O) groups is 2. The summed E-state index contributed by atoms with van der Waals surface area (Å²) in [5.74, 6) is -3.50. The monoisotopic (exact) mass is 291 g/mol. The van der Waals surface area contributed by atoms with E-state index in [4.69, 9.17) is 0 Å². The number of methoxy groups -OCH3 is 1. The van der Waals surface area contributed by atoms with E-state index in [0.29, 0.717) is 0 Å². The number of nitrogens with zero attached hydrogens (tertiary/aromatic N) is 1. The molecule has 0 N–H and O–H groups in total. The molecule has 7 heteroatoms. The van der Waals surface area contributed by atoms with Crippen molar-refractivity contribution in [2.75, 3.05) is 20.2 Å². The van der Waals surface area contributed by atoms with E-state index >= 15 is 0 Å². The molecule has 0 amide bonds. The fraction of sp³-hybridized carbons (Fsp3) is 0.538. The van der Waals surface area contributed by atoms with Crippen molar-refractivity contribution in [2.45, 2.75) is 25.4 Å². The van der Waals surface area contributed by atoms with E-state index in [1.807, 2.05) is 4.90 Å². The van der Waals surface area contributed by atoms with Crippen LogP contribution in [0.3, 0.4) is 0 Å². The minimum absolute atomic E-state index is 0.811. The van der Waals surface area contributed by atoms with Gasteiger partial charge in [-0.05, 0) is 37.6 Å². The summed E-state index contributed by atoms with van der Waals surface area (Å²) in [7, 11) is 0.925. The molecular formula is C13H16F3NO3. The van der Waals surface area contributed by atoms with Gasteiger partial charge < -0.3 is 9.64 Å². The van der Waals surface area contributed by atoms with E-state index in [0.717, 1.165) is 45.5 Å². The molecule has 1 rings (SSSR count). The molecule has 1 heterocycles. The van der Waals surface area contributed by atoms with Gasteiger partial charge in [0.15, 0.2) is 0 Å².